The van der Waals surface area contributed by atoms with Crippen LogP contribution in [0.15, 0.2) is 30.3 Å². The Hall–Kier alpha value is 0.1000. The lowest BCUT2D eigenvalue weighted by Crippen LogP contribution is -1.93. The van der Waals surface area contributed by atoms with Crippen molar-refractivity contribution < 1.29 is 12.3 Å². The molecular weight excluding hydrogens is 302 g/mol. The van der Waals surface area contributed by atoms with Gasteiger partial charge in [0.25, 0.3) is 0 Å². The van der Waals surface area contributed by atoms with Crippen LogP contribution in [0.2, 0.25) is 0 Å². The molecule has 0 fully saturated rings. The lowest BCUT2D eigenvalue weighted by Gasteiger charge is -2.06. The van der Waals surface area contributed by atoms with Gasteiger partial charge in [0.15, 0.2) is 0 Å². The highest BCUT2D eigenvalue weighted by atomic mass is 127. The predicted octanol–water partition coefficient (Wildman–Crippen LogP) is 2.78. The molecule has 1 aromatic rings. The molecule has 0 aliphatic heterocycles. The number of hydrogen-bond acceptors (Lipinski definition) is 2. The van der Waals surface area contributed by atoms with Gasteiger partial charge >= 0.3 is 7.60 Å². The smallest absolute Gasteiger partial charge is 0.324 e. The van der Waals surface area contributed by atoms with Crippen LogP contribution in [0.3, 0.4) is 0 Å². The summed E-state index contributed by atoms with van der Waals surface area (Å²) in [6.45, 7) is 0. The Morgan fingerprint density at radius 2 is 2.00 bits per heavy atom. The predicted molar refractivity (Wildman–Crippen MR) is 59.9 cm³/mol. The van der Waals surface area contributed by atoms with Crippen LogP contribution in [-0.4, -0.2) is 11.1 Å². The maximum absolute atomic E-state index is 11.1. The van der Waals surface area contributed by atoms with E-state index in [1.807, 2.05) is 30.3 Å². The van der Waals surface area contributed by atoms with Gasteiger partial charge in [-0.3, -0.25) is 4.57 Å². The maximum Gasteiger partial charge on any atom is 0.337 e. The lowest BCUT2D eigenvalue weighted by molar-refractivity contribution is 0.415. The quantitative estimate of drug-likeness (QED) is 0.687. The molecule has 0 radical (unpaired) electrons. The molecule has 3 nitrogen and oxygen atoms in total. The van der Waals surface area contributed by atoms with E-state index < -0.39 is 7.60 Å². The molecule has 0 spiro atoms. The zero-order valence-corrected chi connectivity index (χ0v) is 9.94. The Morgan fingerprint density at radius 1 is 1.38 bits per heavy atom. The van der Waals surface area contributed by atoms with Gasteiger partial charge in [0, 0.05) is 0 Å². The fourth-order valence-corrected chi connectivity index (χ4v) is 2.15. The second-order valence-corrected chi connectivity index (χ2v) is 5.71. The molecule has 0 aliphatic carbocycles. The fourth-order valence-electron chi connectivity index (χ4n) is 0.950. The molecule has 0 saturated carbocycles. The summed E-state index contributed by atoms with van der Waals surface area (Å²) < 4.78 is 15.5. The van der Waals surface area contributed by atoms with Crippen molar-refractivity contribution in [1.82, 2.24) is 0 Å². The standard InChI is InChI=1S/C8H10IO3P/c9-12-13(10,11)7-6-8-4-2-1-3-5-8/h1-5H,6-7H2,(H,10,11). The van der Waals surface area contributed by atoms with Gasteiger partial charge in [0.1, 0.15) is 23.0 Å². The van der Waals surface area contributed by atoms with Crippen molar-refractivity contribution in [2.75, 3.05) is 6.16 Å². The molecule has 1 aromatic carbocycles. The number of aryl methyl sites for hydroxylation is 1. The van der Waals surface area contributed by atoms with E-state index in [0.717, 1.165) is 5.56 Å². The first kappa shape index (κ1) is 11.2. The molecule has 1 N–H and O–H groups in total. The maximum atomic E-state index is 11.1. The Labute approximate surface area is 91.3 Å². The second kappa shape index (κ2) is 5.10. The second-order valence-electron chi connectivity index (χ2n) is 2.67. The van der Waals surface area contributed by atoms with Crippen LogP contribution in [0.25, 0.3) is 0 Å². The van der Waals surface area contributed by atoms with E-state index in [4.69, 9.17) is 4.89 Å². The van der Waals surface area contributed by atoms with Gasteiger partial charge in [-0.15, -0.1) is 0 Å². The molecule has 1 unspecified atom stereocenters. The molecule has 0 amide bonds. The van der Waals surface area contributed by atoms with Gasteiger partial charge in [-0.2, -0.15) is 0 Å². The van der Waals surface area contributed by atoms with Crippen molar-refractivity contribution in [3.05, 3.63) is 35.9 Å². The van der Waals surface area contributed by atoms with E-state index in [0.29, 0.717) is 6.42 Å². The number of rotatable bonds is 4. The molecule has 72 valence electrons. The van der Waals surface area contributed by atoms with Crippen LogP contribution in [0.4, 0.5) is 0 Å². The molecule has 0 aliphatic rings. The SMILES string of the molecule is O=P(O)(CCc1ccccc1)OI. The van der Waals surface area contributed by atoms with Crippen molar-refractivity contribution in [1.29, 1.82) is 0 Å². The summed E-state index contributed by atoms with van der Waals surface area (Å²) in [4.78, 5) is 9.11. The summed E-state index contributed by atoms with van der Waals surface area (Å²) in [6, 6.07) is 9.57. The summed E-state index contributed by atoms with van der Waals surface area (Å²) in [5.74, 6) is 0. The molecule has 1 atom stereocenters. The summed E-state index contributed by atoms with van der Waals surface area (Å²) >= 11 is 1.46. The van der Waals surface area contributed by atoms with E-state index in [9.17, 15) is 4.57 Å². The normalized spacial score (nSPS) is 15.2. The lowest BCUT2D eigenvalue weighted by atomic mass is 10.2. The van der Waals surface area contributed by atoms with Crippen molar-refractivity contribution in [2.45, 2.75) is 6.42 Å². The highest BCUT2D eigenvalue weighted by molar-refractivity contribution is 14.1. The van der Waals surface area contributed by atoms with Crippen molar-refractivity contribution in [2.24, 2.45) is 0 Å². The third kappa shape index (κ3) is 4.22. The van der Waals surface area contributed by atoms with Crippen LogP contribution in [0.1, 0.15) is 5.56 Å². The van der Waals surface area contributed by atoms with E-state index >= 15 is 0 Å². The Balaban J connectivity index is 2.49. The van der Waals surface area contributed by atoms with Gasteiger partial charge in [-0.25, -0.2) is 2.85 Å². The van der Waals surface area contributed by atoms with Crippen molar-refractivity contribution in [3.8, 4) is 0 Å². The topological polar surface area (TPSA) is 46.5 Å². The summed E-state index contributed by atoms with van der Waals surface area (Å²) in [7, 11) is -3.35. The highest BCUT2D eigenvalue weighted by Gasteiger charge is 2.17. The third-order valence-electron chi connectivity index (χ3n) is 1.63. The van der Waals surface area contributed by atoms with Crippen molar-refractivity contribution in [3.63, 3.8) is 0 Å². The largest absolute Gasteiger partial charge is 0.337 e. The molecule has 5 heteroatoms. The summed E-state index contributed by atoms with van der Waals surface area (Å²) in [5.41, 5.74) is 1.05. The first-order valence-electron chi connectivity index (χ1n) is 3.80. The number of hydrogen-bond donors (Lipinski definition) is 1. The van der Waals surface area contributed by atoms with Gasteiger partial charge in [0.05, 0.1) is 6.16 Å². The molecule has 13 heavy (non-hydrogen) atoms. The van der Waals surface area contributed by atoms with Gasteiger partial charge < -0.3 is 4.89 Å². The zero-order chi connectivity index (χ0) is 9.73. The van der Waals surface area contributed by atoms with Crippen LogP contribution in [0.5, 0.6) is 0 Å². The number of benzene rings is 1. The van der Waals surface area contributed by atoms with Crippen LogP contribution in [0, 0.1) is 0 Å². The van der Waals surface area contributed by atoms with E-state index in [-0.39, 0.29) is 6.16 Å². The molecular formula is C8H10IO3P. The van der Waals surface area contributed by atoms with E-state index in [2.05, 4.69) is 2.85 Å². The minimum atomic E-state index is -3.35. The Kier molecular flexibility index (Phi) is 4.38. The summed E-state index contributed by atoms with van der Waals surface area (Å²) in [6.07, 6.45) is 0.734. The molecule has 0 aromatic heterocycles. The van der Waals surface area contributed by atoms with Crippen LogP contribution >= 0.6 is 30.6 Å². The van der Waals surface area contributed by atoms with Crippen LogP contribution in [-0.2, 0) is 13.8 Å². The first-order valence-corrected chi connectivity index (χ1v) is 6.44. The molecule has 0 saturated heterocycles. The number of halogens is 1. The molecule has 0 bridgehead atoms. The monoisotopic (exact) mass is 312 g/mol. The Bertz CT molecular complexity index is 302. The minimum absolute atomic E-state index is 0.167. The van der Waals surface area contributed by atoms with Crippen LogP contribution < -0.4 is 0 Å². The van der Waals surface area contributed by atoms with Gasteiger partial charge in [-0.05, 0) is 12.0 Å². The Morgan fingerprint density at radius 3 is 2.54 bits per heavy atom. The zero-order valence-electron chi connectivity index (χ0n) is 6.89. The van der Waals surface area contributed by atoms with E-state index in [1.165, 1.54) is 23.0 Å². The average Bonchev–Trinajstić information content (AvgIpc) is 2.17. The fraction of sp³-hybridized carbons (Fsp3) is 0.250. The first-order chi connectivity index (χ1) is 6.14. The van der Waals surface area contributed by atoms with Gasteiger partial charge in [-0.1, -0.05) is 30.3 Å². The summed E-state index contributed by atoms with van der Waals surface area (Å²) in [5, 5.41) is 0. The highest BCUT2D eigenvalue weighted by Crippen LogP contribution is 2.44. The molecule has 0 heterocycles. The molecule has 1 rings (SSSR count). The average molecular weight is 312 g/mol. The van der Waals surface area contributed by atoms with E-state index in [1.54, 1.807) is 0 Å². The van der Waals surface area contributed by atoms with Crippen molar-refractivity contribution >= 4 is 30.6 Å². The van der Waals surface area contributed by atoms with Gasteiger partial charge in [0.2, 0.25) is 0 Å². The third-order valence-corrected chi connectivity index (χ3v) is 4.48. The minimum Gasteiger partial charge on any atom is -0.324 e.